The smallest absolute Gasteiger partial charge is 0.227 e. The molecule has 1 amide bonds. The van der Waals surface area contributed by atoms with Gasteiger partial charge >= 0.3 is 0 Å². The molecular formula is C23H23FN4O2. The number of benzene rings is 2. The summed E-state index contributed by atoms with van der Waals surface area (Å²) in [5, 5.41) is 8.02. The Morgan fingerprint density at radius 1 is 1.20 bits per heavy atom. The van der Waals surface area contributed by atoms with Crippen molar-refractivity contribution in [2.24, 2.45) is 0 Å². The Kier molecular flexibility index (Phi) is 5.88. The van der Waals surface area contributed by atoms with Crippen LogP contribution in [0.2, 0.25) is 0 Å². The van der Waals surface area contributed by atoms with Crippen LogP contribution in [0.4, 0.5) is 4.39 Å². The molecule has 0 saturated heterocycles. The first-order chi connectivity index (χ1) is 14.6. The maximum Gasteiger partial charge on any atom is 0.227 e. The third-order valence-corrected chi connectivity index (χ3v) is 5.04. The molecule has 7 heteroatoms. The minimum absolute atomic E-state index is 0.0616. The molecule has 0 spiro atoms. The topological polar surface area (TPSA) is 73.0 Å². The van der Waals surface area contributed by atoms with Gasteiger partial charge in [0, 0.05) is 43.2 Å². The normalized spacial score (nSPS) is 11.1. The zero-order valence-corrected chi connectivity index (χ0v) is 16.8. The molecule has 0 radical (unpaired) electrons. The van der Waals surface area contributed by atoms with E-state index in [-0.39, 0.29) is 18.1 Å². The summed E-state index contributed by atoms with van der Waals surface area (Å²) in [6.45, 7) is 3.14. The van der Waals surface area contributed by atoms with E-state index in [1.165, 1.54) is 17.0 Å². The molecule has 0 aliphatic heterocycles. The number of carbonyl (C=O) groups is 1. The Hall–Kier alpha value is -3.48. The van der Waals surface area contributed by atoms with Gasteiger partial charge in [0.2, 0.25) is 17.6 Å². The third-order valence-electron chi connectivity index (χ3n) is 5.04. The predicted octanol–water partition coefficient (Wildman–Crippen LogP) is 4.28. The molecule has 6 nitrogen and oxygen atoms in total. The van der Waals surface area contributed by atoms with Crippen LogP contribution >= 0.6 is 0 Å². The first-order valence-corrected chi connectivity index (χ1v) is 10.00. The van der Waals surface area contributed by atoms with Gasteiger partial charge in [0.1, 0.15) is 5.82 Å². The van der Waals surface area contributed by atoms with Gasteiger partial charge in [-0.15, -0.1) is 0 Å². The first kappa shape index (κ1) is 19.8. The van der Waals surface area contributed by atoms with E-state index >= 15 is 0 Å². The predicted molar refractivity (Wildman–Crippen MR) is 112 cm³/mol. The molecule has 2 aromatic heterocycles. The highest BCUT2D eigenvalue weighted by atomic mass is 19.1. The largest absolute Gasteiger partial charge is 0.356 e. The van der Waals surface area contributed by atoms with Gasteiger partial charge in [-0.3, -0.25) is 4.79 Å². The Bertz CT molecular complexity index is 1160. The molecule has 4 aromatic rings. The molecule has 4 rings (SSSR count). The lowest BCUT2D eigenvalue weighted by Gasteiger charge is -2.07. The Labute approximate surface area is 173 Å². The summed E-state index contributed by atoms with van der Waals surface area (Å²) in [4.78, 5) is 16.3. The van der Waals surface area contributed by atoms with Crippen molar-refractivity contribution in [1.29, 1.82) is 0 Å². The van der Waals surface area contributed by atoms with Gasteiger partial charge in [0.15, 0.2) is 0 Å². The molecule has 0 aliphatic rings. The van der Waals surface area contributed by atoms with Gasteiger partial charge in [-0.1, -0.05) is 35.5 Å². The Morgan fingerprint density at radius 3 is 2.93 bits per heavy atom. The van der Waals surface area contributed by atoms with Crippen LogP contribution in [0.1, 0.15) is 24.3 Å². The third kappa shape index (κ3) is 4.56. The van der Waals surface area contributed by atoms with Crippen LogP contribution < -0.4 is 5.32 Å². The van der Waals surface area contributed by atoms with Crippen molar-refractivity contribution in [3.63, 3.8) is 0 Å². The highest BCUT2D eigenvalue weighted by Gasteiger charge is 2.12. The average Bonchev–Trinajstić information content (AvgIpc) is 3.39. The highest BCUT2D eigenvalue weighted by Crippen LogP contribution is 2.19. The van der Waals surface area contributed by atoms with Crippen molar-refractivity contribution >= 4 is 16.8 Å². The Morgan fingerprint density at radius 2 is 2.07 bits per heavy atom. The van der Waals surface area contributed by atoms with Crippen LogP contribution in [0.5, 0.6) is 0 Å². The second-order valence-electron chi connectivity index (χ2n) is 7.25. The van der Waals surface area contributed by atoms with Crippen molar-refractivity contribution in [2.45, 2.75) is 32.7 Å². The molecule has 0 saturated carbocycles. The van der Waals surface area contributed by atoms with E-state index in [0.717, 1.165) is 13.0 Å². The standard InChI is InChI=1S/C23H23FN4O2/c1-16-7-8-18(15-19(16)24)23-26-22(30-27-23)10-9-21(29)25-12-4-13-28-14-11-17-5-2-3-6-20(17)28/h2-3,5-8,11,14-15H,4,9-10,12-13H2,1H3,(H,25,29). The number of hydrogen-bond donors (Lipinski definition) is 1. The minimum atomic E-state index is -0.314. The number of para-hydroxylation sites is 1. The fraction of sp³-hybridized carbons (Fsp3) is 0.261. The van der Waals surface area contributed by atoms with E-state index in [1.54, 1.807) is 19.1 Å². The summed E-state index contributed by atoms with van der Waals surface area (Å²) in [5.74, 6) is 0.308. The second-order valence-corrected chi connectivity index (χ2v) is 7.25. The number of nitrogens with one attached hydrogen (secondary N) is 1. The van der Waals surface area contributed by atoms with Gasteiger partial charge < -0.3 is 14.4 Å². The molecule has 0 bridgehead atoms. The molecular weight excluding hydrogens is 383 g/mol. The lowest BCUT2D eigenvalue weighted by Crippen LogP contribution is -2.25. The number of rotatable bonds is 8. The number of fused-ring (bicyclic) bond motifs is 1. The lowest BCUT2D eigenvalue weighted by atomic mass is 10.1. The van der Waals surface area contributed by atoms with E-state index in [4.69, 9.17) is 4.52 Å². The van der Waals surface area contributed by atoms with Crippen LogP contribution in [0.3, 0.4) is 0 Å². The van der Waals surface area contributed by atoms with E-state index in [9.17, 15) is 9.18 Å². The number of aromatic nitrogens is 3. The number of nitrogens with zero attached hydrogens (tertiary/aromatic N) is 3. The summed E-state index contributed by atoms with van der Waals surface area (Å²) in [5.41, 5.74) is 2.31. The highest BCUT2D eigenvalue weighted by molar-refractivity contribution is 5.79. The molecule has 2 aromatic carbocycles. The van der Waals surface area contributed by atoms with Gasteiger partial charge in [-0.2, -0.15) is 4.98 Å². The summed E-state index contributed by atoms with van der Waals surface area (Å²) in [6.07, 6.45) is 3.51. The maximum absolute atomic E-state index is 13.7. The number of hydrogen-bond acceptors (Lipinski definition) is 4. The van der Waals surface area contributed by atoms with Gasteiger partial charge in [-0.05, 0) is 42.5 Å². The number of amides is 1. The summed E-state index contributed by atoms with van der Waals surface area (Å²) in [7, 11) is 0. The molecule has 1 N–H and O–H groups in total. The minimum Gasteiger partial charge on any atom is -0.356 e. The molecule has 0 fully saturated rings. The zero-order chi connectivity index (χ0) is 20.9. The molecule has 30 heavy (non-hydrogen) atoms. The maximum atomic E-state index is 13.7. The second kappa shape index (κ2) is 8.90. The van der Waals surface area contributed by atoms with Crippen molar-refractivity contribution in [2.75, 3.05) is 6.54 Å². The van der Waals surface area contributed by atoms with Gasteiger partial charge in [-0.25, -0.2) is 4.39 Å². The summed E-state index contributed by atoms with van der Waals surface area (Å²) in [6, 6.07) is 15.1. The van der Waals surface area contributed by atoms with E-state index in [2.05, 4.69) is 44.4 Å². The van der Waals surface area contributed by atoms with Crippen LogP contribution in [0.25, 0.3) is 22.3 Å². The van der Waals surface area contributed by atoms with Crippen LogP contribution in [0.15, 0.2) is 59.3 Å². The fourth-order valence-corrected chi connectivity index (χ4v) is 3.33. The van der Waals surface area contributed by atoms with E-state index in [1.807, 2.05) is 12.1 Å². The Balaban J connectivity index is 1.21. The van der Waals surface area contributed by atoms with Gasteiger partial charge in [0.05, 0.1) is 0 Å². The van der Waals surface area contributed by atoms with Crippen molar-refractivity contribution < 1.29 is 13.7 Å². The van der Waals surface area contributed by atoms with Crippen molar-refractivity contribution in [3.8, 4) is 11.4 Å². The average molecular weight is 406 g/mol. The lowest BCUT2D eigenvalue weighted by molar-refractivity contribution is -0.121. The number of halogens is 1. The van der Waals surface area contributed by atoms with Crippen molar-refractivity contribution in [1.82, 2.24) is 20.0 Å². The zero-order valence-electron chi connectivity index (χ0n) is 16.8. The monoisotopic (exact) mass is 406 g/mol. The SMILES string of the molecule is Cc1ccc(-c2noc(CCC(=O)NCCCn3ccc4ccccc43)n2)cc1F. The molecule has 0 atom stereocenters. The van der Waals surface area contributed by atoms with E-state index < -0.39 is 0 Å². The molecule has 0 aliphatic carbocycles. The van der Waals surface area contributed by atoms with Gasteiger partial charge in [0.25, 0.3) is 0 Å². The number of aryl methyl sites for hydroxylation is 3. The van der Waals surface area contributed by atoms with E-state index in [0.29, 0.717) is 35.8 Å². The molecule has 154 valence electrons. The molecule has 0 unspecified atom stereocenters. The summed E-state index contributed by atoms with van der Waals surface area (Å²) < 4.78 is 21.1. The molecule has 2 heterocycles. The first-order valence-electron chi connectivity index (χ1n) is 10.00. The quantitative estimate of drug-likeness (QED) is 0.443. The van der Waals surface area contributed by atoms with Crippen LogP contribution in [0, 0.1) is 12.7 Å². The van der Waals surface area contributed by atoms with Crippen LogP contribution in [-0.4, -0.2) is 27.2 Å². The number of carbonyl (C=O) groups excluding carboxylic acids is 1. The van der Waals surface area contributed by atoms with Crippen molar-refractivity contribution in [3.05, 3.63) is 72.0 Å². The fourth-order valence-electron chi connectivity index (χ4n) is 3.33. The summed E-state index contributed by atoms with van der Waals surface area (Å²) >= 11 is 0. The van der Waals surface area contributed by atoms with Crippen LogP contribution in [-0.2, 0) is 17.8 Å².